The molecule has 0 aromatic heterocycles. The third-order valence-corrected chi connectivity index (χ3v) is 4.10. The van der Waals surface area contributed by atoms with Gasteiger partial charge in [-0.1, -0.05) is 33.6 Å². The predicted octanol–water partition coefficient (Wildman–Crippen LogP) is 2.38. The maximum atomic E-state index is 12.6. The molecule has 0 aromatic carbocycles. The van der Waals surface area contributed by atoms with Gasteiger partial charge in [0.1, 0.15) is 0 Å². The Balaban J connectivity index is 2.11. The summed E-state index contributed by atoms with van der Waals surface area (Å²) in [5.74, 6) is 0.635. The van der Waals surface area contributed by atoms with Crippen LogP contribution in [0, 0.1) is 11.8 Å². The second-order valence-electron chi connectivity index (χ2n) is 5.79. The molecular weight excluding hydrogens is 230 g/mol. The molecule has 4 unspecified atom stereocenters. The predicted molar refractivity (Wildman–Crippen MR) is 68.8 cm³/mol. The number of carbonyl (C=O) groups excluding carboxylic acids is 1. The molecule has 2 aliphatic heterocycles. The molecule has 18 heavy (non-hydrogen) atoms. The molecule has 2 heterocycles. The quantitative estimate of drug-likeness (QED) is 0.774. The molecule has 4 nitrogen and oxygen atoms in total. The molecule has 2 saturated heterocycles. The fraction of sp³-hybridized carbons (Fsp3) is 0.929. The summed E-state index contributed by atoms with van der Waals surface area (Å²) in [7, 11) is 0. The van der Waals surface area contributed by atoms with Gasteiger partial charge in [-0.15, -0.1) is 0 Å². The lowest BCUT2D eigenvalue weighted by Crippen LogP contribution is -2.55. The second kappa shape index (κ2) is 5.57. The summed E-state index contributed by atoms with van der Waals surface area (Å²) in [6, 6.07) is 0.166. The molecule has 0 aromatic rings. The molecule has 0 spiro atoms. The molecule has 4 atom stereocenters. The van der Waals surface area contributed by atoms with E-state index in [0.29, 0.717) is 12.5 Å². The van der Waals surface area contributed by atoms with E-state index >= 15 is 0 Å². The van der Waals surface area contributed by atoms with Crippen LogP contribution in [-0.4, -0.2) is 36.0 Å². The van der Waals surface area contributed by atoms with Crippen molar-refractivity contribution in [3.63, 3.8) is 0 Å². The molecule has 4 heteroatoms. The van der Waals surface area contributed by atoms with Crippen molar-refractivity contribution >= 4 is 5.91 Å². The zero-order valence-corrected chi connectivity index (χ0v) is 11.9. The third-order valence-electron chi connectivity index (χ3n) is 4.10. The van der Waals surface area contributed by atoms with Gasteiger partial charge in [0.2, 0.25) is 12.3 Å². The highest BCUT2D eigenvalue weighted by Crippen LogP contribution is 2.34. The Kier molecular flexibility index (Phi) is 4.28. The first-order chi connectivity index (χ1) is 8.56. The van der Waals surface area contributed by atoms with Gasteiger partial charge in [0.25, 0.3) is 0 Å². The van der Waals surface area contributed by atoms with Crippen molar-refractivity contribution in [2.45, 2.75) is 65.5 Å². The number of amides is 1. The van der Waals surface area contributed by atoms with E-state index in [-0.39, 0.29) is 24.0 Å². The summed E-state index contributed by atoms with van der Waals surface area (Å²) < 4.78 is 11.5. The van der Waals surface area contributed by atoms with Gasteiger partial charge in [-0.3, -0.25) is 9.69 Å². The van der Waals surface area contributed by atoms with Crippen LogP contribution in [0.4, 0.5) is 0 Å². The van der Waals surface area contributed by atoms with Crippen molar-refractivity contribution in [3.05, 3.63) is 0 Å². The van der Waals surface area contributed by atoms with Gasteiger partial charge in [0, 0.05) is 0 Å². The van der Waals surface area contributed by atoms with E-state index in [9.17, 15) is 4.79 Å². The summed E-state index contributed by atoms with van der Waals surface area (Å²) in [5, 5.41) is 0. The first-order valence-electron chi connectivity index (χ1n) is 7.15. The van der Waals surface area contributed by atoms with E-state index in [1.807, 2.05) is 11.8 Å². The molecule has 0 saturated carbocycles. The normalized spacial score (nSPS) is 36.3. The molecule has 0 radical (unpaired) electrons. The highest BCUT2D eigenvalue weighted by atomic mass is 16.7. The third kappa shape index (κ3) is 2.41. The van der Waals surface area contributed by atoms with Crippen molar-refractivity contribution in [2.24, 2.45) is 11.8 Å². The second-order valence-corrected chi connectivity index (χ2v) is 5.79. The van der Waals surface area contributed by atoms with E-state index in [1.165, 1.54) is 0 Å². The van der Waals surface area contributed by atoms with Gasteiger partial charge in [0.15, 0.2) is 0 Å². The molecule has 2 fully saturated rings. The lowest BCUT2D eigenvalue weighted by Gasteiger charge is -2.40. The Morgan fingerprint density at radius 3 is 2.78 bits per heavy atom. The number of hydrogen-bond acceptors (Lipinski definition) is 3. The first-order valence-corrected chi connectivity index (χ1v) is 7.15. The van der Waals surface area contributed by atoms with Crippen molar-refractivity contribution in [2.75, 3.05) is 6.61 Å². The van der Waals surface area contributed by atoms with Crippen LogP contribution in [-0.2, 0) is 14.3 Å². The Labute approximate surface area is 110 Å². The van der Waals surface area contributed by atoms with E-state index in [1.54, 1.807) is 0 Å². The van der Waals surface area contributed by atoms with Gasteiger partial charge in [0.05, 0.1) is 24.7 Å². The van der Waals surface area contributed by atoms with Crippen molar-refractivity contribution < 1.29 is 14.3 Å². The molecule has 2 rings (SSSR count). The van der Waals surface area contributed by atoms with E-state index < -0.39 is 6.41 Å². The number of nitrogens with zero attached hydrogens (tertiary/aromatic N) is 1. The number of hydrogen-bond donors (Lipinski definition) is 0. The fourth-order valence-corrected chi connectivity index (χ4v) is 2.84. The SMILES string of the molecule is CCCCC1C(=O)N2C(OCC2C(C)C)OC1C. The summed E-state index contributed by atoms with van der Waals surface area (Å²) in [4.78, 5) is 14.4. The van der Waals surface area contributed by atoms with Gasteiger partial charge < -0.3 is 9.47 Å². The molecular formula is C14H25NO3. The molecule has 0 bridgehead atoms. The number of fused-ring (bicyclic) bond motifs is 1. The average molecular weight is 255 g/mol. The van der Waals surface area contributed by atoms with E-state index in [4.69, 9.17) is 9.47 Å². The molecule has 1 amide bonds. The first kappa shape index (κ1) is 13.8. The summed E-state index contributed by atoms with van der Waals surface area (Å²) in [6.45, 7) is 8.99. The summed E-state index contributed by atoms with van der Waals surface area (Å²) in [6.07, 6.45) is 2.64. The minimum Gasteiger partial charge on any atom is -0.333 e. The summed E-state index contributed by atoms with van der Waals surface area (Å²) in [5.41, 5.74) is 0. The Morgan fingerprint density at radius 2 is 2.17 bits per heavy atom. The lowest BCUT2D eigenvalue weighted by atomic mass is 9.92. The molecule has 0 aliphatic carbocycles. The highest BCUT2D eigenvalue weighted by Gasteiger charge is 2.48. The number of carbonyl (C=O) groups is 1. The van der Waals surface area contributed by atoms with Crippen LogP contribution in [0.2, 0.25) is 0 Å². The van der Waals surface area contributed by atoms with E-state index in [2.05, 4.69) is 20.8 Å². The van der Waals surface area contributed by atoms with Crippen LogP contribution >= 0.6 is 0 Å². The largest absolute Gasteiger partial charge is 0.333 e. The summed E-state index contributed by atoms with van der Waals surface area (Å²) >= 11 is 0. The molecule has 0 N–H and O–H groups in total. The Hall–Kier alpha value is -0.610. The topological polar surface area (TPSA) is 38.8 Å². The number of ether oxygens (including phenoxy) is 2. The van der Waals surface area contributed by atoms with Crippen LogP contribution in [0.3, 0.4) is 0 Å². The maximum absolute atomic E-state index is 12.6. The Morgan fingerprint density at radius 1 is 1.44 bits per heavy atom. The van der Waals surface area contributed by atoms with Crippen LogP contribution < -0.4 is 0 Å². The smallest absolute Gasteiger partial charge is 0.243 e. The van der Waals surface area contributed by atoms with Crippen molar-refractivity contribution in [1.29, 1.82) is 0 Å². The van der Waals surface area contributed by atoms with Gasteiger partial charge in [-0.05, 0) is 19.3 Å². The zero-order chi connectivity index (χ0) is 13.3. The zero-order valence-electron chi connectivity index (χ0n) is 11.9. The maximum Gasteiger partial charge on any atom is 0.243 e. The Bertz CT molecular complexity index is 305. The highest BCUT2D eigenvalue weighted by molar-refractivity contribution is 5.80. The minimum atomic E-state index is -0.447. The van der Waals surface area contributed by atoms with Crippen LogP contribution in [0.5, 0.6) is 0 Å². The van der Waals surface area contributed by atoms with Gasteiger partial charge >= 0.3 is 0 Å². The molecule has 2 aliphatic rings. The lowest BCUT2D eigenvalue weighted by molar-refractivity contribution is -0.238. The monoisotopic (exact) mass is 255 g/mol. The number of unbranched alkanes of at least 4 members (excludes halogenated alkanes) is 1. The van der Waals surface area contributed by atoms with E-state index in [0.717, 1.165) is 19.3 Å². The van der Waals surface area contributed by atoms with Crippen LogP contribution in [0.1, 0.15) is 47.0 Å². The fourth-order valence-electron chi connectivity index (χ4n) is 2.84. The van der Waals surface area contributed by atoms with Gasteiger partial charge in [-0.25, -0.2) is 0 Å². The molecule has 104 valence electrons. The number of rotatable bonds is 4. The minimum absolute atomic E-state index is 0.00384. The standard InChI is InChI=1S/C14H25NO3/c1-5-6-7-11-10(4)18-14-15(13(11)16)12(8-17-14)9(2)3/h9-12,14H,5-8H2,1-4H3. The van der Waals surface area contributed by atoms with Crippen molar-refractivity contribution in [1.82, 2.24) is 4.90 Å². The van der Waals surface area contributed by atoms with Gasteiger partial charge in [-0.2, -0.15) is 0 Å². The van der Waals surface area contributed by atoms with Crippen LogP contribution in [0.15, 0.2) is 0 Å². The van der Waals surface area contributed by atoms with Crippen molar-refractivity contribution in [3.8, 4) is 0 Å². The average Bonchev–Trinajstić information content (AvgIpc) is 2.72. The van der Waals surface area contributed by atoms with Crippen LogP contribution in [0.25, 0.3) is 0 Å².